The summed E-state index contributed by atoms with van der Waals surface area (Å²) in [5.74, 6) is 0.816. The van der Waals surface area contributed by atoms with Crippen LogP contribution in [-0.4, -0.2) is 15.0 Å². The molecule has 0 aliphatic heterocycles. The summed E-state index contributed by atoms with van der Waals surface area (Å²) >= 11 is 0. The Hall–Kier alpha value is -2.16. The minimum atomic E-state index is 0.816. The number of hydrogen-bond donors (Lipinski definition) is 1. The molecule has 3 aromatic rings. The quantitative estimate of drug-likeness (QED) is 0.703. The van der Waals surface area contributed by atoms with Crippen molar-refractivity contribution in [3.8, 4) is 11.3 Å². The molecule has 0 saturated carbocycles. The van der Waals surface area contributed by atoms with Gasteiger partial charge in [-0.3, -0.25) is 0 Å². The molecule has 0 saturated heterocycles. The second-order valence-electron chi connectivity index (χ2n) is 4.57. The van der Waals surface area contributed by atoms with Gasteiger partial charge in [0.2, 0.25) is 0 Å². The fourth-order valence-electron chi connectivity index (χ4n) is 2.47. The summed E-state index contributed by atoms with van der Waals surface area (Å²) in [5.41, 5.74) is 5.42. The monoisotopic (exact) mass is 237 g/mol. The lowest BCUT2D eigenvalue weighted by atomic mass is 10.1. The Labute approximate surface area is 106 Å². The van der Waals surface area contributed by atoms with Crippen molar-refractivity contribution in [2.45, 2.75) is 20.8 Å². The van der Waals surface area contributed by atoms with Gasteiger partial charge in [0.1, 0.15) is 5.82 Å². The number of aryl methyl sites for hydroxylation is 3. The zero-order chi connectivity index (χ0) is 12.7. The van der Waals surface area contributed by atoms with Crippen molar-refractivity contribution >= 4 is 10.9 Å². The van der Waals surface area contributed by atoms with Crippen LogP contribution in [0.25, 0.3) is 22.2 Å². The molecule has 2 aromatic heterocycles. The van der Waals surface area contributed by atoms with Crippen molar-refractivity contribution in [2.24, 2.45) is 0 Å². The zero-order valence-electron chi connectivity index (χ0n) is 10.8. The van der Waals surface area contributed by atoms with E-state index in [0.717, 1.165) is 39.4 Å². The lowest BCUT2D eigenvalue weighted by molar-refractivity contribution is 1.05. The molecule has 0 aliphatic rings. The molecule has 0 atom stereocenters. The number of aromatic nitrogens is 3. The Morgan fingerprint density at radius 1 is 0.944 bits per heavy atom. The van der Waals surface area contributed by atoms with Crippen LogP contribution in [0.3, 0.4) is 0 Å². The summed E-state index contributed by atoms with van der Waals surface area (Å²) in [6.07, 6.45) is 0. The van der Waals surface area contributed by atoms with Gasteiger partial charge in [0.15, 0.2) is 0 Å². The van der Waals surface area contributed by atoms with Crippen molar-refractivity contribution < 1.29 is 0 Å². The van der Waals surface area contributed by atoms with Gasteiger partial charge in [-0.1, -0.05) is 30.3 Å². The Balaban J connectivity index is 2.38. The smallest absolute Gasteiger partial charge is 0.126 e. The van der Waals surface area contributed by atoms with E-state index >= 15 is 0 Å². The van der Waals surface area contributed by atoms with Gasteiger partial charge in [0.05, 0.1) is 16.9 Å². The summed E-state index contributed by atoms with van der Waals surface area (Å²) in [7, 11) is 0. The molecular formula is C15H15N3. The van der Waals surface area contributed by atoms with Gasteiger partial charge in [-0.2, -0.15) is 0 Å². The largest absolute Gasteiger partial charge is 0.356 e. The molecule has 0 bridgehead atoms. The maximum Gasteiger partial charge on any atom is 0.126 e. The minimum Gasteiger partial charge on any atom is -0.356 e. The molecule has 2 heterocycles. The van der Waals surface area contributed by atoms with Gasteiger partial charge in [-0.05, 0) is 20.8 Å². The SMILES string of the molecule is Cc1nc(C)c2c(C)[nH]c(-c3ccccc3)c2n1. The third kappa shape index (κ3) is 1.59. The summed E-state index contributed by atoms with van der Waals surface area (Å²) in [6, 6.07) is 10.3. The Morgan fingerprint density at radius 2 is 1.67 bits per heavy atom. The van der Waals surface area contributed by atoms with Crippen LogP contribution in [0.1, 0.15) is 17.2 Å². The predicted octanol–water partition coefficient (Wildman–Crippen LogP) is 3.55. The van der Waals surface area contributed by atoms with E-state index in [2.05, 4.69) is 34.0 Å². The molecule has 3 rings (SSSR count). The number of nitrogens with one attached hydrogen (secondary N) is 1. The molecule has 3 heteroatoms. The fourth-order valence-corrected chi connectivity index (χ4v) is 2.47. The van der Waals surface area contributed by atoms with Gasteiger partial charge in [0, 0.05) is 16.6 Å². The van der Waals surface area contributed by atoms with E-state index in [9.17, 15) is 0 Å². The number of rotatable bonds is 1. The van der Waals surface area contributed by atoms with Gasteiger partial charge in [-0.25, -0.2) is 9.97 Å². The van der Waals surface area contributed by atoms with E-state index in [1.54, 1.807) is 0 Å². The number of benzene rings is 1. The van der Waals surface area contributed by atoms with E-state index in [0.29, 0.717) is 0 Å². The molecule has 3 nitrogen and oxygen atoms in total. The highest BCUT2D eigenvalue weighted by molar-refractivity contribution is 5.95. The highest BCUT2D eigenvalue weighted by atomic mass is 14.9. The molecule has 18 heavy (non-hydrogen) atoms. The van der Waals surface area contributed by atoms with Crippen LogP contribution in [-0.2, 0) is 0 Å². The maximum absolute atomic E-state index is 4.59. The molecule has 0 radical (unpaired) electrons. The summed E-state index contributed by atoms with van der Waals surface area (Å²) in [6.45, 7) is 6.04. The van der Waals surface area contributed by atoms with Gasteiger partial charge < -0.3 is 4.98 Å². The van der Waals surface area contributed by atoms with Crippen LogP contribution in [0, 0.1) is 20.8 Å². The summed E-state index contributed by atoms with van der Waals surface area (Å²) < 4.78 is 0. The first-order chi connectivity index (χ1) is 8.66. The number of fused-ring (bicyclic) bond motifs is 1. The van der Waals surface area contributed by atoms with Crippen molar-refractivity contribution in [3.05, 3.63) is 47.5 Å². The van der Waals surface area contributed by atoms with E-state index in [4.69, 9.17) is 0 Å². The minimum absolute atomic E-state index is 0.816. The molecular weight excluding hydrogens is 222 g/mol. The van der Waals surface area contributed by atoms with Gasteiger partial charge in [-0.15, -0.1) is 0 Å². The Bertz CT molecular complexity index is 711. The first kappa shape index (κ1) is 11.0. The fraction of sp³-hybridized carbons (Fsp3) is 0.200. The summed E-state index contributed by atoms with van der Waals surface area (Å²) in [4.78, 5) is 12.5. The topological polar surface area (TPSA) is 41.6 Å². The Morgan fingerprint density at radius 3 is 2.39 bits per heavy atom. The molecule has 0 aliphatic carbocycles. The summed E-state index contributed by atoms with van der Waals surface area (Å²) in [5, 5.41) is 1.14. The molecule has 1 aromatic carbocycles. The molecule has 0 amide bonds. The second-order valence-corrected chi connectivity index (χ2v) is 4.57. The van der Waals surface area contributed by atoms with E-state index in [1.165, 1.54) is 0 Å². The zero-order valence-corrected chi connectivity index (χ0v) is 10.8. The highest BCUT2D eigenvalue weighted by Gasteiger charge is 2.13. The first-order valence-corrected chi connectivity index (χ1v) is 6.06. The first-order valence-electron chi connectivity index (χ1n) is 6.06. The third-order valence-corrected chi connectivity index (χ3v) is 3.19. The van der Waals surface area contributed by atoms with Crippen molar-refractivity contribution in [3.63, 3.8) is 0 Å². The lowest BCUT2D eigenvalue weighted by Crippen LogP contribution is -1.92. The number of H-pyrrole nitrogens is 1. The lowest BCUT2D eigenvalue weighted by Gasteiger charge is -2.01. The van der Waals surface area contributed by atoms with Crippen molar-refractivity contribution in [2.75, 3.05) is 0 Å². The molecule has 0 spiro atoms. The molecule has 0 unspecified atom stereocenters. The van der Waals surface area contributed by atoms with Crippen LogP contribution in [0.2, 0.25) is 0 Å². The number of nitrogens with zero attached hydrogens (tertiary/aromatic N) is 2. The maximum atomic E-state index is 4.59. The van der Waals surface area contributed by atoms with E-state index < -0.39 is 0 Å². The Kier molecular flexibility index (Phi) is 2.40. The van der Waals surface area contributed by atoms with Crippen LogP contribution < -0.4 is 0 Å². The van der Waals surface area contributed by atoms with Crippen LogP contribution in [0.5, 0.6) is 0 Å². The highest BCUT2D eigenvalue weighted by Crippen LogP contribution is 2.30. The molecule has 90 valence electrons. The van der Waals surface area contributed by atoms with Crippen LogP contribution >= 0.6 is 0 Å². The molecule has 1 N–H and O–H groups in total. The van der Waals surface area contributed by atoms with E-state index in [-0.39, 0.29) is 0 Å². The number of hydrogen-bond acceptors (Lipinski definition) is 2. The van der Waals surface area contributed by atoms with Crippen LogP contribution in [0.15, 0.2) is 30.3 Å². The van der Waals surface area contributed by atoms with Gasteiger partial charge in [0.25, 0.3) is 0 Å². The average Bonchev–Trinajstić information content (AvgIpc) is 2.67. The standard InChI is InChI=1S/C15H15N3/c1-9-13-10(2)17-14(12-7-5-4-6-8-12)15(13)18-11(3)16-9/h4-8,17H,1-3H3. The van der Waals surface area contributed by atoms with Crippen LogP contribution in [0.4, 0.5) is 0 Å². The van der Waals surface area contributed by atoms with E-state index in [1.807, 2.05) is 32.0 Å². The van der Waals surface area contributed by atoms with Gasteiger partial charge >= 0.3 is 0 Å². The normalized spacial score (nSPS) is 11.1. The van der Waals surface area contributed by atoms with Crippen molar-refractivity contribution in [1.82, 2.24) is 15.0 Å². The van der Waals surface area contributed by atoms with Crippen molar-refractivity contribution in [1.29, 1.82) is 0 Å². The average molecular weight is 237 g/mol. The second kappa shape index (κ2) is 3.95. The third-order valence-electron chi connectivity index (χ3n) is 3.19. The predicted molar refractivity (Wildman–Crippen MR) is 73.5 cm³/mol. The molecule has 0 fully saturated rings. The number of aromatic amines is 1.